The van der Waals surface area contributed by atoms with E-state index < -0.39 is 0 Å². The van der Waals surface area contributed by atoms with Gasteiger partial charge in [-0.25, -0.2) is 4.98 Å². The predicted octanol–water partition coefficient (Wildman–Crippen LogP) is 2.36. The zero-order valence-electron chi connectivity index (χ0n) is 14.3. The molecule has 2 heterocycles. The lowest BCUT2D eigenvalue weighted by Crippen LogP contribution is -2.37. The smallest absolute Gasteiger partial charge is 0.273 e. The lowest BCUT2D eigenvalue weighted by atomic mass is 10.0. The Labute approximate surface area is 147 Å². The van der Waals surface area contributed by atoms with Crippen LogP contribution in [-0.2, 0) is 0 Å². The monoisotopic (exact) mass is 341 g/mol. The van der Waals surface area contributed by atoms with Crippen molar-refractivity contribution in [2.75, 3.05) is 26.7 Å². The first kappa shape index (κ1) is 17.2. The molecule has 0 spiro atoms. The van der Waals surface area contributed by atoms with Gasteiger partial charge < -0.3 is 15.2 Å². The summed E-state index contributed by atoms with van der Waals surface area (Å²) in [5, 5.41) is 12.7. The van der Waals surface area contributed by atoms with Crippen molar-refractivity contribution in [2.45, 2.75) is 18.9 Å². The van der Waals surface area contributed by atoms with Gasteiger partial charge in [-0.15, -0.1) is 0 Å². The second kappa shape index (κ2) is 7.98. The van der Waals surface area contributed by atoms with Crippen molar-refractivity contribution in [3.05, 3.63) is 53.9 Å². The van der Waals surface area contributed by atoms with Gasteiger partial charge in [0, 0.05) is 12.7 Å². The Morgan fingerprint density at radius 3 is 2.84 bits per heavy atom. The lowest BCUT2D eigenvalue weighted by molar-refractivity contribution is 0.0930. The highest BCUT2D eigenvalue weighted by Gasteiger charge is 2.25. The van der Waals surface area contributed by atoms with Gasteiger partial charge in [0.25, 0.3) is 5.91 Å². The van der Waals surface area contributed by atoms with Crippen molar-refractivity contribution in [3.8, 4) is 11.5 Å². The fourth-order valence-corrected chi connectivity index (χ4v) is 3.20. The highest BCUT2D eigenvalue weighted by atomic mass is 16.5. The summed E-state index contributed by atoms with van der Waals surface area (Å²) in [5.41, 5.74) is 1.15. The Morgan fingerprint density at radius 2 is 2.12 bits per heavy atom. The second-order valence-corrected chi connectivity index (χ2v) is 6.12. The van der Waals surface area contributed by atoms with Gasteiger partial charge in [0.2, 0.25) is 0 Å². The van der Waals surface area contributed by atoms with E-state index in [1.807, 2.05) is 18.2 Å². The average molecular weight is 341 g/mol. The van der Waals surface area contributed by atoms with Crippen molar-refractivity contribution in [1.82, 2.24) is 15.2 Å². The maximum Gasteiger partial charge on any atom is 0.273 e. The number of pyridine rings is 1. The Bertz CT molecular complexity index is 729. The first-order chi connectivity index (χ1) is 12.2. The number of likely N-dealkylation sites (tertiary alicyclic amines) is 1. The molecule has 6 heteroatoms. The molecule has 1 unspecified atom stereocenters. The molecular formula is C19H23N3O3. The number of hydrogen-bond acceptors (Lipinski definition) is 5. The Morgan fingerprint density at radius 1 is 1.32 bits per heavy atom. The van der Waals surface area contributed by atoms with Crippen LogP contribution in [0.3, 0.4) is 0 Å². The average Bonchev–Trinajstić information content (AvgIpc) is 3.16. The zero-order valence-corrected chi connectivity index (χ0v) is 14.3. The molecule has 1 aromatic heterocycles. The number of amides is 1. The molecule has 1 aliphatic rings. The largest absolute Gasteiger partial charge is 0.505 e. The van der Waals surface area contributed by atoms with E-state index in [4.69, 9.17) is 4.74 Å². The number of nitrogens with one attached hydrogen (secondary N) is 1. The quantitative estimate of drug-likeness (QED) is 0.844. The second-order valence-electron chi connectivity index (χ2n) is 6.12. The third-order valence-electron chi connectivity index (χ3n) is 4.52. The Kier molecular flexibility index (Phi) is 5.50. The van der Waals surface area contributed by atoms with Gasteiger partial charge in [-0.05, 0) is 55.8 Å². The summed E-state index contributed by atoms with van der Waals surface area (Å²) in [6.07, 6.45) is 3.82. The molecule has 1 atom stereocenters. The minimum Gasteiger partial charge on any atom is -0.505 e. The van der Waals surface area contributed by atoms with Gasteiger partial charge in [0.1, 0.15) is 11.5 Å². The van der Waals surface area contributed by atoms with E-state index in [1.165, 1.54) is 12.3 Å². The highest BCUT2D eigenvalue weighted by Crippen LogP contribution is 2.27. The summed E-state index contributed by atoms with van der Waals surface area (Å²) in [6.45, 7) is 2.46. The number of aromatic hydroxyl groups is 1. The van der Waals surface area contributed by atoms with Crippen molar-refractivity contribution >= 4 is 5.91 Å². The number of hydrogen-bond donors (Lipinski definition) is 2. The Hall–Kier alpha value is -2.60. The minimum atomic E-state index is -0.370. The van der Waals surface area contributed by atoms with Crippen LogP contribution in [0.25, 0.3) is 0 Å². The summed E-state index contributed by atoms with van der Waals surface area (Å²) < 4.78 is 5.33. The number of rotatable bonds is 6. The molecule has 2 N–H and O–H groups in total. The van der Waals surface area contributed by atoms with E-state index in [0.717, 1.165) is 37.2 Å². The van der Waals surface area contributed by atoms with Gasteiger partial charge in [0.05, 0.1) is 13.2 Å². The zero-order chi connectivity index (χ0) is 17.6. The van der Waals surface area contributed by atoms with Crippen LogP contribution in [-0.4, -0.2) is 47.6 Å². The van der Waals surface area contributed by atoms with E-state index in [-0.39, 0.29) is 23.4 Å². The van der Waals surface area contributed by atoms with Crippen LogP contribution in [0, 0.1) is 0 Å². The molecule has 0 bridgehead atoms. The number of aromatic nitrogens is 1. The number of nitrogens with zero attached hydrogens (tertiary/aromatic N) is 2. The normalized spacial score (nSPS) is 15.7. The van der Waals surface area contributed by atoms with Crippen molar-refractivity contribution in [2.24, 2.45) is 0 Å². The summed E-state index contributed by atoms with van der Waals surface area (Å²) in [4.78, 5) is 18.7. The molecule has 132 valence electrons. The van der Waals surface area contributed by atoms with E-state index in [0.29, 0.717) is 6.54 Å². The van der Waals surface area contributed by atoms with Crippen molar-refractivity contribution < 1.29 is 14.6 Å². The summed E-state index contributed by atoms with van der Waals surface area (Å²) in [6, 6.07) is 11.0. The van der Waals surface area contributed by atoms with Crippen LogP contribution >= 0.6 is 0 Å². The molecule has 1 aliphatic heterocycles. The standard InChI is InChI=1S/C19H23N3O3/c1-25-15-7-4-6-14(12-15)16(22-10-2-3-11-22)13-21-19(24)18-17(23)8-5-9-20-18/h4-9,12,16,23H,2-3,10-11,13H2,1H3,(H,21,24). The van der Waals surface area contributed by atoms with Crippen molar-refractivity contribution in [1.29, 1.82) is 0 Å². The number of carbonyl (C=O) groups excluding carboxylic acids is 1. The number of ether oxygens (including phenoxy) is 1. The van der Waals surface area contributed by atoms with Crippen LogP contribution in [0.4, 0.5) is 0 Å². The van der Waals surface area contributed by atoms with Crippen molar-refractivity contribution in [3.63, 3.8) is 0 Å². The maximum absolute atomic E-state index is 12.4. The number of methoxy groups -OCH3 is 1. The summed E-state index contributed by atoms with van der Waals surface area (Å²) >= 11 is 0. The van der Waals surface area contributed by atoms with Gasteiger partial charge in [0.15, 0.2) is 5.69 Å². The summed E-state index contributed by atoms with van der Waals surface area (Å²) in [5.74, 6) is 0.319. The molecule has 0 aliphatic carbocycles. The summed E-state index contributed by atoms with van der Waals surface area (Å²) in [7, 11) is 1.65. The highest BCUT2D eigenvalue weighted by molar-refractivity contribution is 5.94. The van der Waals surface area contributed by atoms with E-state index in [9.17, 15) is 9.90 Å². The fourth-order valence-electron chi connectivity index (χ4n) is 3.20. The first-order valence-corrected chi connectivity index (χ1v) is 8.49. The van der Waals surface area contributed by atoms with Crippen LogP contribution in [0.1, 0.15) is 34.9 Å². The van der Waals surface area contributed by atoms with E-state index >= 15 is 0 Å². The third kappa shape index (κ3) is 4.09. The molecule has 0 radical (unpaired) electrons. The van der Waals surface area contributed by atoms with Crippen LogP contribution in [0.15, 0.2) is 42.6 Å². The van der Waals surface area contributed by atoms with E-state index in [2.05, 4.69) is 21.3 Å². The van der Waals surface area contributed by atoms with Gasteiger partial charge in [-0.2, -0.15) is 0 Å². The molecule has 0 saturated carbocycles. The first-order valence-electron chi connectivity index (χ1n) is 8.49. The maximum atomic E-state index is 12.4. The number of benzene rings is 1. The molecule has 1 amide bonds. The van der Waals surface area contributed by atoms with Crippen LogP contribution < -0.4 is 10.1 Å². The van der Waals surface area contributed by atoms with Gasteiger partial charge in [-0.1, -0.05) is 12.1 Å². The number of carbonyl (C=O) groups is 1. The van der Waals surface area contributed by atoms with Crippen LogP contribution in [0.5, 0.6) is 11.5 Å². The SMILES string of the molecule is COc1cccc(C(CNC(=O)c2ncccc2O)N2CCCC2)c1. The fraction of sp³-hybridized carbons (Fsp3) is 0.368. The molecule has 25 heavy (non-hydrogen) atoms. The molecule has 3 rings (SSSR count). The van der Waals surface area contributed by atoms with Crippen LogP contribution in [0.2, 0.25) is 0 Å². The Balaban J connectivity index is 1.76. The van der Waals surface area contributed by atoms with E-state index in [1.54, 1.807) is 13.2 Å². The minimum absolute atomic E-state index is 0.0494. The lowest BCUT2D eigenvalue weighted by Gasteiger charge is -2.28. The molecule has 1 fully saturated rings. The van der Waals surface area contributed by atoms with Gasteiger partial charge >= 0.3 is 0 Å². The molecule has 6 nitrogen and oxygen atoms in total. The molecule has 1 saturated heterocycles. The topological polar surface area (TPSA) is 74.7 Å². The molecule has 2 aromatic rings. The van der Waals surface area contributed by atoms with Gasteiger partial charge in [-0.3, -0.25) is 9.69 Å². The molecule has 1 aromatic carbocycles. The predicted molar refractivity (Wildman–Crippen MR) is 94.8 cm³/mol. The molecular weight excluding hydrogens is 318 g/mol. The third-order valence-corrected chi connectivity index (χ3v) is 4.52.